The summed E-state index contributed by atoms with van der Waals surface area (Å²) in [6, 6.07) is 45.7. The average Bonchev–Trinajstić information content (AvgIpc) is 2.94. The van der Waals surface area contributed by atoms with Crippen molar-refractivity contribution in [2.24, 2.45) is 23.2 Å². The molecule has 182 valence electrons. The fourth-order valence-corrected chi connectivity index (χ4v) is 13.1. The minimum absolute atomic E-state index is 0.396. The summed E-state index contributed by atoms with van der Waals surface area (Å²) in [4.78, 5) is 0. The second kappa shape index (κ2) is 10.2. The van der Waals surface area contributed by atoms with Crippen LogP contribution in [0.1, 0.15) is 26.7 Å². The summed E-state index contributed by atoms with van der Waals surface area (Å²) in [6.07, 6.45) is 4.09. The van der Waals surface area contributed by atoms with Gasteiger partial charge in [0, 0.05) is 0 Å². The van der Waals surface area contributed by atoms with Crippen molar-refractivity contribution in [3.8, 4) is 0 Å². The predicted molar refractivity (Wildman–Crippen MR) is 160 cm³/mol. The Morgan fingerprint density at radius 3 is 1.42 bits per heavy atom. The van der Waals surface area contributed by atoms with E-state index in [0.717, 1.165) is 23.4 Å². The van der Waals surface area contributed by atoms with Crippen molar-refractivity contribution in [1.82, 2.24) is 0 Å². The molecule has 0 heterocycles. The first-order chi connectivity index (χ1) is 17.6. The van der Waals surface area contributed by atoms with Gasteiger partial charge in [-0.3, -0.25) is 0 Å². The zero-order valence-electron chi connectivity index (χ0n) is 21.4. The van der Waals surface area contributed by atoms with Gasteiger partial charge in [-0.15, -0.1) is 0 Å². The standard InChI is InChI=1S/C34H36P2/c1-34(2)26-23-32(34)31(25-35(27-15-7-3-8-16-27)28-17-9-4-10-18-28)33(24-26)36(29-19-11-5-12-20-29)30-21-13-6-14-22-30/h3-22,26,31-33H,23-25H2,1-2H3/t26-,31+,32+,33+/m0/s1. The van der Waals surface area contributed by atoms with E-state index in [1.807, 2.05) is 0 Å². The first-order valence-electron chi connectivity index (χ1n) is 13.4. The molecule has 7 rings (SSSR count). The molecule has 4 aromatic rings. The van der Waals surface area contributed by atoms with E-state index in [1.54, 1.807) is 10.6 Å². The van der Waals surface area contributed by atoms with Gasteiger partial charge < -0.3 is 0 Å². The summed E-state index contributed by atoms with van der Waals surface area (Å²) in [5.74, 6) is 2.42. The van der Waals surface area contributed by atoms with E-state index in [9.17, 15) is 0 Å². The van der Waals surface area contributed by atoms with Crippen LogP contribution in [-0.4, -0.2) is 11.8 Å². The molecule has 0 nitrogen and oxygen atoms in total. The molecule has 0 spiro atoms. The second-order valence-corrected chi connectivity index (χ2v) is 15.8. The summed E-state index contributed by atoms with van der Waals surface area (Å²) >= 11 is 0. The zero-order valence-corrected chi connectivity index (χ0v) is 23.2. The van der Waals surface area contributed by atoms with Crippen LogP contribution in [0.5, 0.6) is 0 Å². The fourth-order valence-electron chi connectivity index (χ4n) is 6.96. The van der Waals surface area contributed by atoms with E-state index >= 15 is 0 Å². The number of benzene rings is 4. The number of hydrogen-bond donors (Lipinski definition) is 0. The number of rotatable bonds is 7. The minimum Gasteiger partial charge on any atom is -0.0622 e. The second-order valence-electron chi connectivity index (χ2n) is 11.2. The molecule has 0 aromatic heterocycles. The SMILES string of the molecule is CC1(C)[C@@H]2C[C@@H](P(c3ccccc3)c3ccccc3)[C@H](CP(c3ccccc3)c3ccccc3)[C@H]1C2. The highest BCUT2D eigenvalue weighted by atomic mass is 31.1. The van der Waals surface area contributed by atoms with Crippen molar-refractivity contribution in [3.05, 3.63) is 121 Å². The van der Waals surface area contributed by atoms with Gasteiger partial charge in [-0.1, -0.05) is 135 Å². The van der Waals surface area contributed by atoms with Gasteiger partial charge in [-0.2, -0.15) is 0 Å². The van der Waals surface area contributed by atoms with Crippen LogP contribution in [0.15, 0.2) is 121 Å². The average molecular weight is 507 g/mol. The van der Waals surface area contributed by atoms with Crippen LogP contribution >= 0.6 is 15.8 Å². The van der Waals surface area contributed by atoms with Crippen molar-refractivity contribution in [3.63, 3.8) is 0 Å². The van der Waals surface area contributed by atoms with E-state index in [1.165, 1.54) is 29.6 Å². The smallest absolute Gasteiger partial charge is 0.00912 e. The Labute approximate surface area is 219 Å². The summed E-state index contributed by atoms with van der Waals surface area (Å²) in [6.45, 7) is 5.13. The summed E-state index contributed by atoms with van der Waals surface area (Å²) in [5.41, 5.74) is 1.20. The van der Waals surface area contributed by atoms with Gasteiger partial charge in [0.2, 0.25) is 0 Å². The topological polar surface area (TPSA) is 0 Å². The van der Waals surface area contributed by atoms with E-state index in [-0.39, 0.29) is 0 Å². The molecule has 3 aliphatic carbocycles. The Bertz CT molecular complexity index is 1170. The molecule has 0 radical (unpaired) electrons. The molecule has 4 aromatic carbocycles. The molecule has 3 saturated carbocycles. The molecule has 36 heavy (non-hydrogen) atoms. The maximum Gasteiger partial charge on any atom is -0.00912 e. The zero-order chi connectivity index (χ0) is 24.5. The van der Waals surface area contributed by atoms with Gasteiger partial charge in [0.25, 0.3) is 0 Å². The normalized spacial score (nSPS) is 24.4. The maximum atomic E-state index is 2.57. The van der Waals surface area contributed by atoms with Crippen LogP contribution in [0.25, 0.3) is 0 Å². The largest absolute Gasteiger partial charge is 0.0622 e. The van der Waals surface area contributed by atoms with Crippen molar-refractivity contribution < 1.29 is 0 Å². The quantitative estimate of drug-likeness (QED) is 0.231. The molecule has 3 aliphatic rings. The van der Waals surface area contributed by atoms with Crippen LogP contribution in [-0.2, 0) is 0 Å². The van der Waals surface area contributed by atoms with Crippen LogP contribution in [0.3, 0.4) is 0 Å². The molecule has 0 amide bonds. The summed E-state index contributed by atoms with van der Waals surface area (Å²) < 4.78 is 0. The highest BCUT2D eigenvalue weighted by Crippen LogP contribution is 2.68. The lowest BCUT2D eigenvalue weighted by Gasteiger charge is -2.64. The van der Waals surface area contributed by atoms with E-state index in [4.69, 9.17) is 0 Å². The molecule has 0 saturated heterocycles. The molecular formula is C34H36P2. The Balaban J connectivity index is 1.44. The maximum absolute atomic E-state index is 2.57. The summed E-state index contributed by atoms with van der Waals surface area (Å²) in [5, 5.41) is 6.16. The lowest BCUT2D eigenvalue weighted by Crippen LogP contribution is -2.58. The van der Waals surface area contributed by atoms with Gasteiger partial charge in [-0.25, -0.2) is 0 Å². The van der Waals surface area contributed by atoms with Gasteiger partial charge >= 0.3 is 0 Å². The van der Waals surface area contributed by atoms with Crippen LogP contribution in [0.4, 0.5) is 0 Å². The van der Waals surface area contributed by atoms with Gasteiger partial charge in [0.15, 0.2) is 0 Å². The highest BCUT2D eigenvalue weighted by molar-refractivity contribution is 7.74. The third kappa shape index (κ3) is 4.49. The minimum atomic E-state index is -0.404. The van der Waals surface area contributed by atoms with E-state index in [0.29, 0.717) is 5.41 Å². The highest BCUT2D eigenvalue weighted by Gasteiger charge is 2.59. The van der Waals surface area contributed by atoms with Crippen molar-refractivity contribution in [2.75, 3.05) is 6.16 Å². The van der Waals surface area contributed by atoms with Crippen LogP contribution in [0.2, 0.25) is 0 Å². The third-order valence-electron chi connectivity index (χ3n) is 9.01. The van der Waals surface area contributed by atoms with E-state index in [2.05, 4.69) is 135 Å². The Hall–Kier alpha value is -2.26. The van der Waals surface area contributed by atoms with Crippen LogP contribution in [0, 0.1) is 23.2 Å². The van der Waals surface area contributed by atoms with E-state index < -0.39 is 15.8 Å². The first-order valence-corrected chi connectivity index (χ1v) is 16.3. The molecule has 2 bridgehead atoms. The lowest BCUT2D eigenvalue weighted by molar-refractivity contribution is -0.0944. The Kier molecular flexibility index (Phi) is 6.86. The molecule has 0 aliphatic heterocycles. The number of hydrogen-bond acceptors (Lipinski definition) is 0. The number of fused-ring (bicyclic) bond motifs is 2. The van der Waals surface area contributed by atoms with Gasteiger partial charge in [-0.05, 0) is 84.9 Å². The molecule has 2 heteroatoms. The van der Waals surface area contributed by atoms with Gasteiger partial charge in [0.1, 0.15) is 0 Å². The van der Waals surface area contributed by atoms with Crippen LogP contribution < -0.4 is 21.2 Å². The van der Waals surface area contributed by atoms with Crippen molar-refractivity contribution >= 4 is 37.1 Å². The molecule has 0 unspecified atom stereocenters. The molecule has 3 fully saturated rings. The monoisotopic (exact) mass is 506 g/mol. The van der Waals surface area contributed by atoms with Crippen molar-refractivity contribution in [1.29, 1.82) is 0 Å². The van der Waals surface area contributed by atoms with Crippen molar-refractivity contribution in [2.45, 2.75) is 32.3 Å². The molecule has 0 N–H and O–H groups in total. The Morgan fingerprint density at radius 2 is 1.00 bits per heavy atom. The Morgan fingerprint density at radius 1 is 0.583 bits per heavy atom. The lowest BCUT2D eigenvalue weighted by atomic mass is 9.46. The molecule has 4 atom stereocenters. The predicted octanol–water partition coefficient (Wildman–Crippen LogP) is 7.30. The first kappa shape index (κ1) is 24.1. The fraction of sp³-hybridized carbons (Fsp3) is 0.294. The summed E-state index contributed by atoms with van der Waals surface area (Å²) in [7, 11) is -0.800. The third-order valence-corrected chi connectivity index (χ3v) is 14.6. The molecular weight excluding hydrogens is 470 g/mol. The van der Waals surface area contributed by atoms with Gasteiger partial charge in [0.05, 0.1) is 0 Å².